The molecule has 2 N–H and O–H groups in total. The molecule has 0 spiro atoms. The minimum atomic E-state index is 0.504. The lowest BCUT2D eigenvalue weighted by atomic mass is 9.77. The van der Waals surface area contributed by atoms with E-state index in [4.69, 9.17) is 0 Å². The van der Waals surface area contributed by atoms with Crippen molar-refractivity contribution in [3.8, 4) is 0 Å². The number of hydrogen-bond acceptors (Lipinski definition) is 2. The highest BCUT2D eigenvalue weighted by atomic mass is 14.9. The maximum atomic E-state index is 3.70. The summed E-state index contributed by atoms with van der Waals surface area (Å²) in [6.07, 6.45) is 8.58. The minimum Gasteiger partial charge on any atom is -0.316 e. The molecule has 2 rings (SSSR count). The van der Waals surface area contributed by atoms with Crippen LogP contribution in [-0.2, 0) is 0 Å². The van der Waals surface area contributed by atoms with E-state index >= 15 is 0 Å². The zero-order valence-electron chi connectivity index (χ0n) is 11.7. The van der Waals surface area contributed by atoms with Crippen LogP contribution in [0.2, 0.25) is 0 Å². The number of rotatable bonds is 6. The van der Waals surface area contributed by atoms with Gasteiger partial charge in [0, 0.05) is 6.54 Å². The Bertz CT molecular complexity index is 213. The summed E-state index contributed by atoms with van der Waals surface area (Å²) in [5, 5.41) is 7.15. The maximum Gasteiger partial charge on any atom is 0.000517 e. The zero-order chi connectivity index (χ0) is 12.1. The molecule has 2 fully saturated rings. The Morgan fingerprint density at radius 2 is 1.94 bits per heavy atom. The first kappa shape index (κ1) is 13.4. The van der Waals surface area contributed by atoms with Gasteiger partial charge in [-0.15, -0.1) is 0 Å². The Labute approximate surface area is 107 Å². The summed E-state index contributed by atoms with van der Waals surface area (Å²) in [5.41, 5.74) is 0.504. The maximum absolute atomic E-state index is 3.70. The predicted molar refractivity (Wildman–Crippen MR) is 74.2 cm³/mol. The molecular formula is C15H30N2. The Morgan fingerprint density at radius 3 is 2.59 bits per heavy atom. The molecule has 17 heavy (non-hydrogen) atoms. The van der Waals surface area contributed by atoms with Crippen molar-refractivity contribution in [3.05, 3.63) is 0 Å². The quantitative estimate of drug-likeness (QED) is 0.695. The Morgan fingerprint density at radius 1 is 1.18 bits per heavy atom. The molecule has 0 aromatic rings. The third-order valence-corrected chi connectivity index (χ3v) is 4.93. The fourth-order valence-corrected chi connectivity index (χ4v) is 3.53. The van der Waals surface area contributed by atoms with Crippen LogP contribution in [0.3, 0.4) is 0 Å². The zero-order valence-corrected chi connectivity index (χ0v) is 11.7. The molecule has 1 saturated carbocycles. The van der Waals surface area contributed by atoms with Gasteiger partial charge in [-0.2, -0.15) is 0 Å². The molecule has 1 unspecified atom stereocenters. The molecule has 1 heterocycles. The van der Waals surface area contributed by atoms with Crippen molar-refractivity contribution in [1.82, 2.24) is 10.6 Å². The van der Waals surface area contributed by atoms with E-state index in [2.05, 4.69) is 24.5 Å². The Hall–Kier alpha value is -0.0800. The van der Waals surface area contributed by atoms with E-state index in [0.29, 0.717) is 5.41 Å². The normalized spacial score (nSPS) is 26.8. The largest absolute Gasteiger partial charge is 0.316 e. The number of nitrogens with one attached hydrogen (secondary N) is 2. The van der Waals surface area contributed by atoms with Crippen LogP contribution in [0.15, 0.2) is 0 Å². The van der Waals surface area contributed by atoms with Gasteiger partial charge in [0.2, 0.25) is 0 Å². The van der Waals surface area contributed by atoms with Crippen LogP contribution in [0.25, 0.3) is 0 Å². The van der Waals surface area contributed by atoms with Crippen LogP contribution in [0, 0.1) is 17.3 Å². The summed E-state index contributed by atoms with van der Waals surface area (Å²) in [4.78, 5) is 0. The van der Waals surface area contributed by atoms with Crippen LogP contribution in [0.5, 0.6) is 0 Å². The molecule has 2 nitrogen and oxygen atoms in total. The lowest BCUT2D eigenvalue weighted by Crippen LogP contribution is -2.35. The summed E-state index contributed by atoms with van der Waals surface area (Å²) in [5.74, 6) is 1.89. The van der Waals surface area contributed by atoms with Crippen molar-refractivity contribution in [1.29, 1.82) is 0 Å². The lowest BCUT2D eigenvalue weighted by molar-refractivity contribution is 0.207. The third-order valence-electron chi connectivity index (χ3n) is 4.93. The molecule has 1 saturated heterocycles. The summed E-state index contributed by atoms with van der Waals surface area (Å²) >= 11 is 0. The van der Waals surface area contributed by atoms with Crippen molar-refractivity contribution < 1.29 is 0 Å². The average Bonchev–Trinajstić information content (AvgIpc) is 2.97. The van der Waals surface area contributed by atoms with E-state index in [1.54, 1.807) is 0 Å². The molecular weight excluding hydrogens is 208 g/mol. The van der Waals surface area contributed by atoms with Crippen LogP contribution < -0.4 is 10.6 Å². The smallest absolute Gasteiger partial charge is 0.000517 e. The molecule has 100 valence electrons. The van der Waals surface area contributed by atoms with Crippen molar-refractivity contribution in [3.63, 3.8) is 0 Å². The second-order valence-corrected chi connectivity index (χ2v) is 6.79. The minimum absolute atomic E-state index is 0.504. The first-order valence-corrected chi connectivity index (χ1v) is 7.60. The molecule has 1 aliphatic carbocycles. The van der Waals surface area contributed by atoms with Gasteiger partial charge < -0.3 is 10.6 Å². The fraction of sp³-hybridized carbons (Fsp3) is 1.00. The van der Waals surface area contributed by atoms with Gasteiger partial charge in [0.1, 0.15) is 0 Å². The first-order chi connectivity index (χ1) is 8.18. The second-order valence-electron chi connectivity index (χ2n) is 6.79. The molecule has 2 heteroatoms. The Balaban J connectivity index is 1.59. The summed E-state index contributed by atoms with van der Waals surface area (Å²) < 4.78 is 0. The third kappa shape index (κ3) is 3.96. The van der Waals surface area contributed by atoms with Gasteiger partial charge in [0.05, 0.1) is 0 Å². The van der Waals surface area contributed by atoms with Gasteiger partial charge in [-0.25, -0.2) is 0 Å². The van der Waals surface area contributed by atoms with Crippen LogP contribution >= 0.6 is 0 Å². The topological polar surface area (TPSA) is 24.1 Å². The van der Waals surface area contributed by atoms with E-state index in [-0.39, 0.29) is 0 Å². The van der Waals surface area contributed by atoms with Crippen LogP contribution in [0.1, 0.15) is 52.4 Å². The summed E-state index contributed by atoms with van der Waals surface area (Å²) in [6.45, 7) is 9.80. The molecule has 0 bridgehead atoms. The lowest BCUT2D eigenvalue weighted by Gasteiger charge is -2.32. The molecule has 0 amide bonds. The molecule has 2 aliphatic rings. The highest BCUT2D eigenvalue weighted by molar-refractivity contribution is 4.84. The predicted octanol–water partition coefficient (Wildman–Crippen LogP) is 2.79. The Kier molecular flexibility index (Phi) is 4.87. The van der Waals surface area contributed by atoms with E-state index < -0.39 is 0 Å². The van der Waals surface area contributed by atoms with Gasteiger partial charge in [-0.3, -0.25) is 0 Å². The molecule has 1 aliphatic heterocycles. The summed E-state index contributed by atoms with van der Waals surface area (Å²) in [6, 6.07) is 0. The van der Waals surface area contributed by atoms with Crippen LogP contribution in [0.4, 0.5) is 0 Å². The molecule has 0 radical (unpaired) electrons. The highest BCUT2D eigenvalue weighted by Crippen LogP contribution is 2.38. The second kappa shape index (κ2) is 6.19. The SMILES string of the molecule is CC(C)(CNCCC1CCNC1)C1CCCC1. The van der Waals surface area contributed by atoms with Crippen molar-refractivity contribution in [2.45, 2.75) is 52.4 Å². The standard InChI is InChI=1S/C15H30N2/c1-15(2,14-5-3-4-6-14)12-17-10-8-13-7-9-16-11-13/h13-14,16-17H,3-12H2,1-2H3. The van der Waals surface area contributed by atoms with E-state index in [1.807, 2.05) is 0 Å². The summed E-state index contributed by atoms with van der Waals surface area (Å²) in [7, 11) is 0. The molecule has 0 aromatic carbocycles. The van der Waals surface area contributed by atoms with E-state index in [0.717, 1.165) is 11.8 Å². The van der Waals surface area contributed by atoms with Gasteiger partial charge >= 0.3 is 0 Å². The molecule has 1 atom stereocenters. The van der Waals surface area contributed by atoms with Crippen molar-refractivity contribution >= 4 is 0 Å². The van der Waals surface area contributed by atoms with Gasteiger partial charge in [-0.05, 0) is 62.6 Å². The molecule has 0 aromatic heterocycles. The van der Waals surface area contributed by atoms with Gasteiger partial charge in [0.25, 0.3) is 0 Å². The van der Waals surface area contributed by atoms with Gasteiger partial charge in [0.15, 0.2) is 0 Å². The average molecular weight is 238 g/mol. The van der Waals surface area contributed by atoms with Crippen LogP contribution in [-0.4, -0.2) is 26.2 Å². The number of hydrogen-bond donors (Lipinski definition) is 2. The van der Waals surface area contributed by atoms with Crippen molar-refractivity contribution in [2.75, 3.05) is 26.2 Å². The fourth-order valence-electron chi connectivity index (χ4n) is 3.53. The monoisotopic (exact) mass is 238 g/mol. The highest BCUT2D eigenvalue weighted by Gasteiger charge is 2.31. The first-order valence-electron chi connectivity index (χ1n) is 7.60. The van der Waals surface area contributed by atoms with E-state index in [1.165, 1.54) is 64.7 Å². The van der Waals surface area contributed by atoms with Crippen molar-refractivity contribution in [2.24, 2.45) is 17.3 Å². The van der Waals surface area contributed by atoms with Gasteiger partial charge in [-0.1, -0.05) is 26.7 Å². The van der Waals surface area contributed by atoms with E-state index in [9.17, 15) is 0 Å².